The Labute approximate surface area is 802 Å². The molecule has 806 valence electrons. The molecular weight excluding hydrogens is 1870 g/mol. The molecule has 38 atom stereocenters. The minimum Gasteiger partial charge on any atom is -0.394 e. The van der Waals surface area contributed by atoms with Crippen LogP contribution in [-0.4, -0.2) is 489 Å². The molecule has 0 spiro atoms. The minimum absolute atomic E-state index is 0. The molecule has 6 amide bonds. The highest BCUT2D eigenvalue weighted by Gasteiger charge is 2.56. The number of hydrogen-bond acceptors (Lipinski definition) is 47. The third-order valence-electron chi connectivity index (χ3n) is 24.7. The van der Waals surface area contributed by atoms with Gasteiger partial charge in [0.05, 0.1) is 71.6 Å². The number of ketones is 3. The number of aliphatic hydroxyl groups is 23. The molecule has 0 aromatic rings. The lowest BCUT2D eigenvalue weighted by Gasteiger charge is -2.46. The maximum Gasteiger partial charge on any atom is 0.242 e. The summed E-state index contributed by atoms with van der Waals surface area (Å²) < 4.78 is 78.4. The van der Waals surface area contributed by atoms with Crippen LogP contribution in [0.5, 0.6) is 0 Å². The van der Waals surface area contributed by atoms with Crippen LogP contribution in [-0.2, 0) is 109 Å². The normalized spacial score (nSPS) is 35.5. The third-order valence-corrected chi connectivity index (χ3v) is 24.7. The van der Waals surface area contributed by atoms with Crippen molar-refractivity contribution in [2.75, 3.05) is 85.6 Å². The van der Waals surface area contributed by atoms with Crippen LogP contribution in [0.15, 0.2) is 0 Å². The fourth-order valence-corrected chi connectivity index (χ4v) is 16.2. The molecule has 7 heterocycles. The average molecular weight is 2020 g/mol. The van der Waals surface area contributed by atoms with E-state index < -0.39 is 314 Å². The summed E-state index contributed by atoms with van der Waals surface area (Å²) >= 11 is 0. The van der Waals surface area contributed by atoms with Crippen LogP contribution in [0.4, 0.5) is 0 Å². The van der Waals surface area contributed by atoms with Gasteiger partial charge in [0, 0.05) is 71.0 Å². The zero-order valence-electron chi connectivity index (χ0n) is 77.1. The molecule has 7 saturated heterocycles. The van der Waals surface area contributed by atoms with Crippen molar-refractivity contribution in [2.24, 2.45) is 5.73 Å². The monoisotopic (exact) mass is 2020 g/mol. The molecule has 0 radical (unpaired) electrons. The lowest BCUT2D eigenvalue weighted by atomic mass is 9.96. The first-order chi connectivity index (χ1) is 65.7. The van der Waals surface area contributed by atoms with E-state index in [2.05, 4.69) is 31.9 Å². The highest BCUT2D eigenvalue weighted by Crippen LogP contribution is 2.35. The van der Waals surface area contributed by atoms with Crippen molar-refractivity contribution in [2.45, 2.75) is 402 Å². The molecule has 0 aromatic carbocycles. The topological polar surface area (TPSA) is 846 Å². The largest absolute Gasteiger partial charge is 0.394 e. The summed E-state index contributed by atoms with van der Waals surface area (Å²) in [5, 5.41) is 257. The van der Waals surface area contributed by atoms with Gasteiger partial charge in [0.25, 0.3) is 0 Å². The van der Waals surface area contributed by atoms with Crippen molar-refractivity contribution in [1.82, 2.24) is 31.9 Å². The summed E-state index contributed by atoms with van der Waals surface area (Å²) in [6, 6.07) is -3.27. The van der Waals surface area contributed by atoms with E-state index in [-0.39, 0.29) is 155 Å². The van der Waals surface area contributed by atoms with Gasteiger partial charge in [-0.15, -0.1) is 0 Å². The molecular formula is C86H151N7O46. The van der Waals surface area contributed by atoms with Gasteiger partial charge >= 0.3 is 0 Å². The molecule has 53 heteroatoms. The Morgan fingerprint density at radius 3 is 1.03 bits per heavy atom. The van der Waals surface area contributed by atoms with E-state index in [0.29, 0.717) is 57.9 Å². The van der Waals surface area contributed by atoms with Crippen LogP contribution in [0.25, 0.3) is 0 Å². The predicted octanol–water partition coefficient (Wildman–Crippen LogP) is -13.1. The van der Waals surface area contributed by atoms with Gasteiger partial charge in [-0.2, -0.15) is 0 Å². The summed E-state index contributed by atoms with van der Waals surface area (Å²) in [7, 11) is 0. The van der Waals surface area contributed by atoms with E-state index in [1.807, 2.05) is 0 Å². The summed E-state index contributed by atoms with van der Waals surface area (Å²) in [6.45, 7) is -3.06. The molecule has 0 aromatic heterocycles. The first-order valence-corrected chi connectivity index (χ1v) is 47.0. The second-order valence-corrected chi connectivity index (χ2v) is 35.4. The maximum absolute atomic E-state index is 13.9. The number of carbonyl (C=O) groups excluding carboxylic acids is 9. The second-order valence-electron chi connectivity index (χ2n) is 35.4. The Bertz CT molecular complexity index is 3620. The SMILES string of the molecule is C.CC(=O)[C@H](CCCCN)NC(=O)CCCCC(=O)N[C@@H](CCC(=O)CCCCCCC(=O)NCCO[C@H]1O[C@H](CO[C@H]2O[C@H](CO)[C@@H](O)[C@H](O)[C@@H]2O)[C@@H](O)[C@H](O[C@H]2O[C@H](CO)[C@@H](O)[C@H](O)[C@@H]2O)[C@@H]1O)C(=O)NCCCCCC(=O)N[C@@H](CCC(=O)CCCO[C@H]1O[C@H](CO[C@H]2O[C@H](CO)[C@@H](O)[C@H](O)[C@@H]2O)[C@@H](O)[C@H](O[C@H]2O[C@H](CO)[C@@H](O)[C@H](O)[C@@H]2O)[C@@H]1O)C(=O)NCCO[C@@H]1O[C@@H](C)[C@@H](O)[C@@H](O)[C@@H]1O. The number of ether oxygens (including phenoxy) is 14. The van der Waals surface area contributed by atoms with Crippen LogP contribution in [0.3, 0.4) is 0 Å². The Morgan fingerprint density at radius 2 is 0.619 bits per heavy atom. The van der Waals surface area contributed by atoms with E-state index in [0.717, 1.165) is 0 Å². The van der Waals surface area contributed by atoms with Gasteiger partial charge in [-0.05, 0) is 97.4 Å². The predicted molar refractivity (Wildman–Crippen MR) is 466 cm³/mol. The van der Waals surface area contributed by atoms with E-state index >= 15 is 0 Å². The summed E-state index contributed by atoms with van der Waals surface area (Å²) in [6.07, 6.45) is -57.5. The van der Waals surface area contributed by atoms with E-state index in [9.17, 15) is 161 Å². The molecule has 53 nitrogen and oxygen atoms in total. The molecule has 139 heavy (non-hydrogen) atoms. The lowest BCUT2D eigenvalue weighted by Crippen LogP contribution is -2.65. The average Bonchev–Trinajstić information content (AvgIpc) is 0.782. The summed E-state index contributed by atoms with van der Waals surface area (Å²) in [5.74, 6) is -4.38. The van der Waals surface area contributed by atoms with Crippen molar-refractivity contribution in [1.29, 1.82) is 0 Å². The number of Topliss-reactive ketones (excluding diaryl/α,β-unsaturated/α-hetero) is 3. The van der Waals surface area contributed by atoms with Gasteiger partial charge in [0.2, 0.25) is 35.4 Å². The Balaban J connectivity index is 0.0000296. The number of amides is 6. The van der Waals surface area contributed by atoms with Crippen LogP contribution in [0.1, 0.15) is 169 Å². The first kappa shape index (κ1) is 122. The van der Waals surface area contributed by atoms with E-state index in [1.54, 1.807) is 0 Å². The van der Waals surface area contributed by atoms with Gasteiger partial charge in [0.15, 0.2) is 49.8 Å². The molecule has 7 aliphatic heterocycles. The first-order valence-electron chi connectivity index (χ1n) is 47.0. The number of carbonyl (C=O) groups is 9. The molecule has 0 saturated carbocycles. The van der Waals surface area contributed by atoms with Gasteiger partial charge in [-0.25, -0.2) is 0 Å². The fourth-order valence-electron chi connectivity index (χ4n) is 16.2. The van der Waals surface area contributed by atoms with Gasteiger partial charge in [-0.1, -0.05) is 26.7 Å². The molecule has 0 aliphatic carbocycles. The van der Waals surface area contributed by atoms with Crippen molar-refractivity contribution in [3.8, 4) is 0 Å². The van der Waals surface area contributed by atoms with Crippen LogP contribution >= 0.6 is 0 Å². The zero-order chi connectivity index (χ0) is 102. The summed E-state index contributed by atoms with van der Waals surface area (Å²) in [5.41, 5.74) is 5.59. The van der Waals surface area contributed by atoms with Gasteiger partial charge in [-0.3, -0.25) is 43.2 Å². The van der Waals surface area contributed by atoms with Crippen molar-refractivity contribution in [3.05, 3.63) is 0 Å². The highest BCUT2D eigenvalue weighted by atomic mass is 16.8. The van der Waals surface area contributed by atoms with E-state index in [4.69, 9.17) is 72.0 Å². The van der Waals surface area contributed by atoms with Crippen molar-refractivity contribution < 1.29 is 227 Å². The lowest BCUT2D eigenvalue weighted by molar-refractivity contribution is -0.366. The molecule has 31 N–H and O–H groups in total. The smallest absolute Gasteiger partial charge is 0.242 e. The van der Waals surface area contributed by atoms with Crippen LogP contribution < -0.4 is 37.6 Å². The zero-order valence-corrected chi connectivity index (χ0v) is 77.1. The third kappa shape index (κ3) is 37.3. The Hall–Kier alpha value is -5.69. The number of hydrogen-bond donors (Lipinski definition) is 30. The molecule has 7 aliphatic rings. The highest BCUT2D eigenvalue weighted by molar-refractivity contribution is 5.90. The molecule has 0 unspecified atom stereocenters. The van der Waals surface area contributed by atoms with Crippen molar-refractivity contribution in [3.63, 3.8) is 0 Å². The number of rotatable bonds is 61. The Kier molecular flexibility index (Phi) is 54.7. The van der Waals surface area contributed by atoms with Gasteiger partial charge < -0.3 is 221 Å². The number of nitrogens with two attached hydrogens (primary N) is 1. The summed E-state index contributed by atoms with van der Waals surface area (Å²) in [4.78, 5) is 120. The Morgan fingerprint density at radius 1 is 0.295 bits per heavy atom. The molecule has 7 fully saturated rings. The van der Waals surface area contributed by atoms with E-state index in [1.165, 1.54) is 13.8 Å². The standard InChI is InChI=1S/C85H147N7O46.CH4/c1-39(97)43(17-11-12-26-86)90-53(101)20-9-10-21-55(103)91-44(24-22-41(98)15-6-3-4-7-18-52(100)87-28-31-127-83-74(122)76(138-85-72(120)67(115)60(108)49(36-96)134-85)62(110)51(136-83)38-129-81-70(118)65(113)58(106)47(34-94)132-81)77(123)88-27-13-5-8-19-54(102)92-45(78(124)89-29-32-126-79-68(116)63(111)56(104)40(2)130-79)25-23-42(99)16-14-30-125-82-73(121)75(137-84-71(119)66(114)59(107)48(35-95)133-84)61(109)50(135-82)37-128-80-69(117)64(112)57(105)46(33-93)131-80;/h40,43-51,56-76,79-85,93-96,104-122H,3-38,86H2,1-2H3,(H,87,100)(H,88,123)(H,89,124)(H,90,101)(H,91,103)(H,92,102);1H4/t40-,43-,44-,45-,46+,47+,48+,49+,50+,51+,56+,57+,58+,59+,60+,61+,62+,63+,64-,65-,66-,67-,68-,69-,70-,71-,72-,73-,74-,75-,76-,79+,80-,81-,82-,83-,84+,85+;/m0./s1. The maximum atomic E-state index is 13.9. The molecule has 7 rings (SSSR count). The number of nitrogens with one attached hydrogen (secondary N) is 6. The van der Waals surface area contributed by atoms with Crippen LogP contribution in [0, 0.1) is 0 Å². The quantitative estimate of drug-likeness (QED) is 0.0251. The van der Waals surface area contributed by atoms with Crippen molar-refractivity contribution >= 4 is 52.8 Å². The van der Waals surface area contributed by atoms with Crippen LogP contribution in [0.2, 0.25) is 0 Å². The number of unbranched alkanes of at least 4 members (excludes halogenated alkanes) is 7. The second kappa shape index (κ2) is 62.3. The fraction of sp³-hybridized carbons (Fsp3) is 0.895. The minimum atomic E-state index is -2.03. The number of aliphatic hydroxyl groups excluding tert-OH is 23. The van der Waals surface area contributed by atoms with Gasteiger partial charge in [0.1, 0.15) is 188 Å². The molecule has 0 bridgehead atoms.